The monoisotopic (exact) mass is 368 g/mol. The van der Waals surface area contributed by atoms with Crippen LogP contribution >= 0.6 is 43.2 Å². The average molecular weight is 370 g/mol. The van der Waals surface area contributed by atoms with Gasteiger partial charge in [0.15, 0.2) is 0 Å². The molecule has 1 amide bonds. The Morgan fingerprint density at radius 3 is 2.62 bits per heavy atom. The summed E-state index contributed by atoms with van der Waals surface area (Å²) in [5, 5.41) is 6.10. The van der Waals surface area contributed by atoms with Gasteiger partial charge in [0.25, 0.3) is 5.91 Å². The minimum Gasteiger partial charge on any atom is -0.350 e. The molecule has 6 heteroatoms. The van der Waals surface area contributed by atoms with E-state index >= 15 is 0 Å². The minimum atomic E-state index is -0.0260. The van der Waals surface area contributed by atoms with Crippen molar-refractivity contribution in [1.82, 2.24) is 10.6 Å². The van der Waals surface area contributed by atoms with Crippen LogP contribution in [-0.2, 0) is 0 Å². The van der Waals surface area contributed by atoms with Crippen molar-refractivity contribution in [3.05, 3.63) is 19.2 Å². The van der Waals surface area contributed by atoms with E-state index in [-0.39, 0.29) is 5.91 Å². The van der Waals surface area contributed by atoms with E-state index in [1.165, 1.54) is 11.3 Å². The standard InChI is InChI=1S/C10H14Br2N2OS/c1-6(2)13-3-4-14-10(15)8-5-7(11)9(12)16-8/h5-6,13H,3-4H2,1-2H3,(H,14,15). The first kappa shape index (κ1) is 14.2. The lowest BCUT2D eigenvalue weighted by atomic mass is 10.4. The molecule has 3 nitrogen and oxygen atoms in total. The largest absolute Gasteiger partial charge is 0.350 e. The van der Waals surface area contributed by atoms with Gasteiger partial charge in [-0.2, -0.15) is 0 Å². The van der Waals surface area contributed by atoms with Gasteiger partial charge in [-0.25, -0.2) is 0 Å². The van der Waals surface area contributed by atoms with Crippen LogP contribution in [0, 0.1) is 0 Å². The van der Waals surface area contributed by atoms with Crippen LogP contribution in [0.2, 0.25) is 0 Å². The van der Waals surface area contributed by atoms with Crippen molar-refractivity contribution in [3.8, 4) is 0 Å². The third-order valence-corrected chi connectivity index (χ3v) is 5.09. The maximum Gasteiger partial charge on any atom is 0.261 e. The van der Waals surface area contributed by atoms with Crippen molar-refractivity contribution in [2.45, 2.75) is 19.9 Å². The Kier molecular flexibility index (Phi) is 5.96. The van der Waals surface area contributed by atoms with E-state index in [0.29, 0.717) is 17.5 Å². The van der Waals surface area contributed by atoms with E-state index in [9.17, 15) is 4.79 Å². The van der Waals surface area contributed by atoms with E-state index in [2.05, 4.69) is 56.3 Å². The normalized spacial score (nSPS) is 10.8. The van der Waals surface area contributed by atoms with Gasteiger partial charge < -0.3 is 10.6 Å². The lowest BCUT2D eigenvalue weighted by Crippen LogP contribution is -2.34. The number of carbonyl (C=O) groups excluding carboxylic acids is 1. The van der Waals surface area contributed by atoms with Crippen molar-refractivity contribution in [2.75, 3.05) is 13.1 Å². The number of rotatable bonds is 5. The van der Waals surface area contributed by atoms with Gasteiger partial charge in [-0.1, -0.05) is 13.8 Å². The fourth-order valence-corrected chi connectivity index (χ4v) is 3.03. The second-order valence-electron chi connectivity index (χ2n) is 3.60. The molecule has 0 aliphatic carbocycles. The molecule has 0 atom stereocenters. The van der Waals surface area contributed by atoms with Gasteiger partial charge in [0.1, 0.15) is 0 Å². The molecule has 0 spiro atoms. The predicted molar refractivity (Wildman–Crippen MR) is 75.2 cm³/mol. The number of hydrogen-bond donors (Lipinski definition) is 2. The maximum atomic E-state index is 11.7. The van der Waals surface area contributed by atoms with E-state index in [1.807, 2.05) is 6.07 Å². The summed E-state index contributed by atoms with van der Waals surface area (Å²) in [6.45, 7) is 5.59. The summed E-state index contributed by atoms with van der Waals surface area (Å²) in [6, 6.07) is 2.27. The molecule has 1 aromatic rings. The molecule has 0 aromatic carbocycles. The van der Waals surface area contributed by atoms with Gasteiger partial charge in [0.2, 0.25) is 0 Å². The van der Waals surface area contributed by atoms with Gasteiger partial charge >= 0.3 is 0 Å². The van der Waals surface area contributed by atoms with Crippen molar-refractivity contribution < 1.29 is 4.79 Å². The van der Waals surface area contributed by atoms with Gasteiger partial charge in [-0.05, 0) is 37.9 Å². The third kappa shape index (κ3) is 4.53. The number of thiophene rings is 1. The predicted octanol–water partition coefficient (Wildman–Crippen LogP) is 3.00. The maximum absolute atomic E-state index is 11.7. The molecule has 0 radical (unpaired) electrons. The SMILES string of the molecule is CC(C)NCCNC(=O)c1cc(Br)c(Br)s1. The fourth-order valence-electron chi connectivity index (χ4n) is 1.08. The molecule has 0 aliphatic rings. The molecule has 0 aliphatic heterocycles. The molecule has 0 fully saturated rings. The second kappa shape index (κ2) is 6.74. The molecular formula is C10H14Br2N2OS. The van der Waals surface area contributed by atoms with Crippen LogP contribution in [-0.4, -0.2) is 25.0 Å². The summed E-state index contributed by atoms with van der Waals surface area (Å²) in [4.78, 5) is 12.4. The van der Waals surface area contributed by atoms with Crippen LogP contribution < -0.4 is 10.6 Å². The van der Waals surface area contributed by atoms with Gasteiger partial charge in [-0.15, -0.1) is 11.3 Å². The molecule has 1 rings (SSSR count). The first-order valence-electron chi connectivity index (χ1n) is 4.97. The summed E-state index contributed by atoms with van der Waals surface area (Å²) >= 11 is 8.15. The zero-order valence-corrected chi connectivity index (χ0v) is 13.1. The van der Waals surface area contributed by atoms with Crippen LogP contribution in [0.5, 0.6) is 0 Å². The molecule has 0 saturated heterocycles. The Hall–Kier alpha value is 0.0900. The first-order valence-corrected chi connectivity index (χ1v) is 7.37. The Labute approximate surface area is 116 Å². The lowest BCUT2D eigenvalue weighted by molar-refractivity contribution is 0.0957. The topological polar surface area (TPSA) is 41.1 Å². The summed E-state index contributed by atoms with van der Waals surface area (Å²) in [5.41, 5.74) is 0. The molecule has 0 saturated carbocycles. The summed E-state index contributed by atoms with van der Waals surface area (Å²) in [6.07, 6.45) is 0. The summed E-state index contributed by atoms with van der Waals surface area (Å²) < 4.78 is 1.86. The Balaban J connectivity index is 2.35. The van der Waals surface area contributed by atoms with Crippen molar-refractivity contribution in [2.24, 2.45) is 0 Å². The lowest BCUT2D eigenvalue weighted by Gasteiger charge is -2.08. The Morgan fingerprint density at radius 2 is 2.12 bits per heavy atom. The quantitative estimate of drug-likeness (QED) is 0.783. The van der Waals surface area contributed by atoms with Crippen LogP contribution in [0.4, 0.5) is 0 Å². The molecule has 16 heavy (non-hydrogen) atoms. The zero-order valence-electron chi connectivity index (χ0n) is 9.14. The summed E-state index contributed by atoms with van der Waals surface area (Å²) in [7, 11) is 0. The van der Waals surface area contributed by atoms with Crippen molar-refractivity contribution in [1.29, 1.82) is 0 Å². The molecule has 90 valence electrons. The number of hydrogen-bond acceptors (Lipinski definition) is 3. The van der Waals surface area contributed by atoms with E-state index < -0.39 is 0 Å². The van der Waals surface area contributed by atoms with Gasteiger partial charge in [0.05, 0.1) is 8.66 Å². The highest BCUT2D eigenvalue weighted by molar-refractivity contribution is 9.13. The molecule has 2 N–H and O–H groups in total. The van der Waals surface area contributed by atoms with Crippen LogP contribution in [0.15, 0.2) is 14.3 Å². The number of nitrogens with one attached hydrogen (secondary N) is 2. The third-order valence-electron chi connectivity index (χ3n) is 1.83. The Bertz CT molecular complexity index is 346. The molecule has 1 aromatic heterocycles. The fraction of sp³-hybridized carbons (Fsp3) is 0.500. The number of halogens is 2. The molecule has 1 heterocycles. The Morgan fingerprint density at radius 1 is 1.44 bits per heavy atom. The minimum absolute atomic E-state index is 0.0260. The van der Waals surface area contributed by atoms with E-state index in [0.717, 1.165) is 14.8 Å². The second-order valence-corrected chi connectivity index (χ2v) is 6.82. The first-order chi connectivity index (χ1) is 7.50. The van der Waals surface area contributed by atoms with Crippen molar-refractivity contribution in [3.63, 3.8) is 0 Å². The van der Waals surface area contributed by atoms with E-state index in [1.54, 1.807) is 0 Å². The number of carbonyl (C=O) groups is 1. The van der Waals surface area contributed by atoms with Crippen molar-refractivity contribution >= 4 is 49.1 Å². The highest BCUT2D eigenvalue weighted by atomic mass is 79.9. The van der Waals surface area contributed by atoms with Gasteiger partial charge in [0, 0.05) is 23.6 Å². The highest BCUT2D eigenvalue weighted by Gasteiger charge is 2.11. The van der Waals surface area contributed by atoms with Gasteiger partial charge in [-0.3, -0.25) is 4.79 Å². The van der Waals surface area contributed by atoms with Crippen LogP contribution in [0.1, 0.15) is 23.5 Å². The smallest absolute Gasteiger partial charge is 0.261 e. The number of amides is 1. The van der Waals surface area contributed by atoms with Crippen LogP contribution in [0.3, 0.4) is 0 Å². The molecule has 0 unspecified atom stereocenters. The van der Waals surface area contributed by atoms with Crippen LogP contribution in [0.25, 0.3) is 0 Å². The summed E-state index contributed by atoms with van der Waals surface area (Å²) in [5.74, 6) is -0.0260. The molecular weight excluding hydrogens is 356 g/mol. The zero-order chi connectivity index (χ0) is 12.1. The average Bonchev–Trinajstić information content (AvgIpc) is 2.54. The molecule has 0 bridgehead atoms. The van der Waals surface area contributed by atoms with E-state index in [4.69, 9.17) is 0 Å². The highest BCUT2D eigenvalue weighted by Crippen LogP contribution is 2.32.